The molecule has 0 spiro atoms. The van der Waals surface area contributed by atoms with Gasteiger partial charge >= 0.3 is 44.3 Å². The summed E-state index contributed by atoms with van der Waals surface area (Å²) in [5.41, 5.74) is 0. The minimum Gasteiger partial charge on any atom is -0.414 e. The summed E-state index contributed by atoms with van der Waals surface area (Å²) < 4.78 is 36.3. The molecule has 0 saturated carbocycles. The maximum absolute atomic E-state index is 7.86. The van der Waals surface area contributed by atoms with Crippen LogP contribution < -0.4 is 25.9 Å². The minimum absolute atomic E-state index is 0.276. The quantitative estimate of drug-likeness (QED) is 0.271. The van der Waals surface area contributed by atoms with Crippen molar-refractivity contribution in [3.05, 3.63) is 152 Å². The van der Waals surface area contributed by atoms with E-state index in [4.69, 9.17) is 20.6 Å². The second-order valence-electron chi connectivity index (χ2n) is 11.0. The zero-order valence-electron chi connectivity index (χ0n) is 24.5. The lowest BCUT2D eigenvalue weighted by molar-refractivity contribution is 0.273. The van der Waals surface area contributed by atoms with Gasteiger partial charge in [0, 0.05) is 0 Å². The normalized spacial score (nSPS) is 21.5. The summed E-state index contributed by atoms with van der Waals surface area (Å²) in [7, 11) is -13.3. The third-order valence-corrected chi connectivity index (χ3v) is 25.5. The van der Waals surface area contributed by atoms with E-state index in [9.17, 15) is 0 Å². The monoisotopic (exact) mass is 650 g/mol. The van der Waals surface area contributed by atoms with Gasteiger partial charge < -0.3 is 20.6 Å². The molecule has 5 aromatic rings. The van der Waals surface area contributed by atoms with E-state index in [1.54, 1.807) is 0 Å². The number of hydrogen-bond acceptors (Lipinski definition) is 5. The molecule has 5 aromatic carbocycles. The molecule has 0 aliphatic carbocycles. The Kier molecular flexibility index (Phi) is 8.75. The molecule has 5 nitrogen and oxygen atoms in total. The van der Waals surface area contributed by atoms with Crippen LogP contribution in [-0.2, 0) is 20.6 Å². The Hall–Kier alpha value is -3.02. The van der Waals surface area contributed by atoms with Gasteiger partial charge in [-0.25, -0.2) is 0 Å². The van der Waals surface area contributed by atoms with E-state index in [0.29, 0.717) is 0 Å². The molecule has 1 saturated heterocycles. The Bertz CT molecular complexity index is 1530. The first-order valence-corrected chi connectivity index (χ1v) is 23.9. The van der Waals surface area contributed by atoms with Crippen molar-refractivity contribution >= 4 is 70.2 Å². The van der Waals surface area contributed by atoms with Crippen molar-refractivity contribution in [3.63, 3.8) is 0 Å². The SMILES string of the molecule is C[Si]1(C)O[Si]O[Si](c2ccccc2)(c2ccccc2)O[Si](c2ccccc2)(c2ccccc2)O[Si](C)(c2ccccc2)O1. The largest absolute Gasteiger partial charge is 0.414 e. The second-order valence-corrected chi connectivity index (χ2v) is 25.3. The van der Waals surface area contributed by atoms with Crippen LogP contribution >= 0.6 is 0 Å². The van der Waals surface area contributed by atoms with Crippen LogP contribution in [0.2, 0.25) is 19.6 Å². The van der Waals surface area contributed by atoms with Crippen LogP contribution in [0.3, 0.4) is 0 Å². The maximum Gasteiger partial charge on any atom is 0.413 e. The van der Waals surface area contributed by atoms with E-state index < -0.39 is 34.2 Å². The minimum atomic E-state index is -3.61. The molecule has 10 heteroatoms. The molecule has 2 radical (unpaired) electrons. The van der Waals surface area contributed by atoms with Crippen LogP contribution in [-0.4, -0.2) is 44.3 Å². The Morgan fingerprint density at radius 2 is 0.721 bits per heavy atom. The molecule has 1 fully saturated rings. The van der Waals surface area contributed by atoms with Gasteiger partial charge in [0.05, 0.1) is 0 Å². The predicted molar refractivity (Wildman–Crippen MR) is 182 cm³/mol. The molecule has 0 amide bonds. The van der Waals surface area contributed by atoms with Crippen LogP contribution in [0.4, 0.5) is 0 Å². The van der Waals surface area contributed by atoms with Gasteiger partial charge in [-0.05, 0) is 45.6 Å². The highest BCUT2D eigenvalue weighted by molar-refractivity contribution is 7.09. The van der Waals surface area contributed by atoms with Crippen molar-refractivity contribution in [2.45, 2.75) is 19.6 Å². The van der Waals surface area contributed by atoms with Crippen molar-refractivity contribution in [1.82, 2.24) is 0 Å². The van der Waals surface area contributed by atoms with Gasteiger partial charge in [-0.2, -0.15) is 0 Å². The summed E-state index contributed by atoms with van der Waals surface area (Å²) in [6, 6.07) is 51.8. The summed E-state index contributed by atoms with van der Waals surface area (Å²) in [6.45, 7) is 6.29. The zero-order chi connectivity index (χ0) is 29.8. The molecule has 1 heterocycles. The van der Waals surface area contributed by atoms with Gasteiger partial charge in [-0.1, -0.05) is 152 Å². The van der Waals surface area contributed by atoms with Crippen molar-refractivity contribution in [1.29, 1.82) is 0 Å². The van der Waals surface area contributed by atoms with Crippen LogP contribution in [0.15, 0.2) is 152 Å². The first-order valence-electron chi connectivity index (χ1n) is 14.3. The zero-order valence-corrected chi connectivity index (χ0v) is 29.5. The molecule has 6 rings (SSSR count). The summed E-state index contributed by atoms with van der Waals surface area (Å²) in [5.74, 6) is 0. The van der Waals surface area contributed by atoms with Crippen LogP contribution in [0.5, 0.6) is 0 Å². The first kappa shape index (κ1) is 30.0. The highest BCUT2D eigenvalue weighted by atomic mass is 28.5. The summed E-state index contributed by atoms with van der Waals surface area (Å²) in [4.78, 5) is 0. The lowest BCUT2D eigenvalue weighted by Crippen LogP contribution is -2.79. The van der Waals surface area contributed by atoms with Crippen LogP contribution in [0.1, 0.15) is 0 Å². The van der Waals surface area contributed by atoms with Crippen LogP contribution in [0.25, 0.3) is 0 Å². The van der Waals surface area contributed by atoms with E-state index >= 15 is 0 Å². The molecule has 1 aliphatic heterocycles. The third-order valence-electron chi connectivity index (χ3n) is 7.45. The van der Waals surface area contributed by atoms with Gasteiger partial charge in [0.2, 0.25) is 0 Å². The average Bonchev–Trinajstić information content (AvgIpc) is 3.05. The highest BCUT2D eigenvalue weighted by Gasteiger charge is 2.59. The van der Waals surface area contributed by atoms with E-state index in [-0.39, 0.29) is 10.0 Å². The molecular weight excluding hydrogens is 617 g/mol. The van der Waals surface area contributed by atoms with Crippen molar-refractivity contribution in [3.8, 4) is 0 Å². The fraction of sp³-hybridized carbons (Fsp3) is 0.0909. The Labute approximate surface area is 261 Å². The average molecular weight is 651 g/mol. The molecule has 1 unspecified atom stereocenters. The van der Waals surface area contributed by atoms with E-state index in [1.807, 2.05) is 66.7 Å². The number of hydrogen-bond donors (Lipinski definition) is 0. The van der Waals surface area contributed by atoms with E-state index in [0.717, 1.165) is 25.9 Å². The Balaban J connectivity index is 1.70. The molecule has 216 valence electrons. The molecule has 0 aromatic heterocycles. The lowest BCUT2D eigenvalue weighted by atomic mass is 10.4. The molecule has 1 aliphatic rings. The topological polar surface area (TPSA) is 46.2 Å². The number of rotatable bonds is 5. The van der Waals surface area contributed by atoms with E-state index in [2.05, 4.69) is 105 Å². The number of benzene rings is 5. The van der Waals surface area contributed by atoms with E-state index in [1.165, 1.54) is 0 Å². The Morgan fingerprint density at radius 3 is 1.12 bits per heavy atom. The standard InChI is InChI=1S/C33H34O5Si5/c1-40(2)34-39-35-42(30-21-11-5-12-22-30,31-23-13-6-14-24-31)38-43(32-25-15-7-16-26-32,33-27-17-8-18-28-33)37-41(3,36-40)29-19-9-4-10-20-29/h4-28H,1-3H3. The summed E-state index contributed by atoms with van der Waals surface area (Å²) in [6.07, 6.45) is 0. The van der Waals surface area contributed by atoms with Gasteiger partial charge in [-0.15, -0.1) is 0 Å². The molecule has 0 N–H and O–H groups in total. The molecule has 0 bridgehead atoms. The van der Waals surface area contributed by atoms with Gasteiger partial charge in [0.1, 0.15) is 0 Å². The second kappa shape index (κ2) is 12.5. The molecule has 1 atom stereocenters. The summed E-state index contributed by atoms with van der Waals surface area (Å²) >= 11 is 0. The van der Waals surface area contributed by atoms with Crippen molar-refractivity contribution in [2.75, 3.05) is 0 Å². The van der Waals surface area contributed by atoms with Gasteiger partial charge in [0.15, 0.2) is 0 Å². The Morgan fingerprint density at radius 1 is 0.372 bits per heavy atom. The highest BCUT2D eigenvalue weighted by Crippen LogP contribution is 2.27. The third kappa shape index (κ3) is 6.17. The summed E-state index contributed by atoms with van der Waals surface area (Å²) in [5, 5.41) is 5.01. The predicted octanol–water partition coefficient (Wildman–Crippen LogP) is 3.81. The fourth-order valence-electron chi connectivity index (χ4n) is 5.50. The fourth-order valence-corrected chi connectivity index (χ4v) is 25.8. The smallest absolute Gasteiger partial charge is 0.413 e. The van der Waals surface area contributed by atoms with Gasteiger partial charge in [0.25, 0.3) is 0 Å². The maximum atomic E-state index is 7.86. The van der Waals surface area contributed by atoms with Crippen LogP contribution in [0, 0.1) is 0 Å². The molecular formula is C33H34O5Si5. The lowest BCUT2D eigenvalue weighted by Gasteiger charge is -2.47. The van der Waals surface area contributed by atoms with Gasteiger partial charge in [-0.3, -0.25) is 0 Å². The molecule has 43 heavy (non-hydrogen) atoms. The van der Waals surface area contributed by atoms with Crippen molar-refractivity contribution < 1.29 is 20.6 Å². The first-order chi connectivity index (χ1) is 20.9. The van der Waals surface area contributed by atoms with Crippen molar-refractivity contribution in [2.24, 2.45) is 0 Å².